The molecule has 2 aromatic carbocycles. The summed E-state index contributed by atoms with van der Waals surface area (Å²) in [5.41, 5.74) is 0.171. The first kappa shape index (κ1) is 29.3. The third-order valence-electron chi connectivity index (χ3n) is 7.28. The van der Waals surface area contributed by atoms with Crippen LogP contribution in [0.1, 0.15) is 27.6 Å². The van der Waals surface area contributed by atoms with E-state index < -0.39 is 55.5 Å². The van der Waals surface area contributed by atoms with E-state index in [0.29, 0.717) is 5.01 Å². The molecule has 0 unspecified atom stereocenters. The van der Waals surface area contributed by atoms with Crippen LogP contribution in [0.4, 0.5) is 0 Å². The molecule has 1 saturated carbocycles. The number of Topliss-reactive ketones (excluding diaryl/α,β-unsaturated/α-hetero) is 1. The topological polar surface area (TPSA) is 74.8 Å². The Kier molecular flexibility index (Phi) is 7.26. The standard InChI is InChI=1S/C25H14Cl8N2O4/c1-10(17(36)11-5-3-2-4-6-11)34(20(37)12-7-8-13(26)14(27)9-12)35-21(38)15-16(22(35)39)24(31)19(29)18(28)23(15,30)25(24,32)33/h2-10,15-16H,1H3/t10-,15-,16+,23-,24-/m1/s1. The summed E-state index contributed by atoms with van der Waals surface area (Å²) in [5, 5.41) is 0.912. The van der Waals surface area contributed by atoms with Crippen LogP contribution in [0.2, 0.25) is 10.0 Å². The zero-order valence-electron chi connectivity index (χ0n) is 19.4. The molecule has 1 aliphatic heterocycles. The third-order valence-corrected chi connectivity index (χ3v) is 12.3. The molecule has 2 aromatic rings. The predicted octanol–water partition coefficient (Wildman–Crippen LogP) is 7.07. The second-order valence-corrected chi connectivity index (χ2v) is 13.3. The Morgan fingerprint density at radius 3 is 1.79 bits per heavy atom. The van der Waals surface area contributed by atoms with Gasteiger partial charge in [-0.15, -0.1) is 23.2 Å². The Bertz CT molecular complexity index is 1450. The summed E-state index contributed by atoms with van der Waals surface area (Å²) in [7, 11) is 0. The van der Waals surface area contributed by atoms with Crippen molar-refractivity contribution >= 4 is 116 Å². The number of amides is 3. The van der Waals surface area contributed by atoms with Crippen molar-refractivity contribution in [3.05, 3.63) is 79.8 Å². The molecule has 39 heavy (non-hydrogen) atoms. The lowest BCUT2D eigenvalue weighted by Crippen LogP contribution is -2.59. The van der Waals surface area contributed by atoms with Crippen molar-refractivity contribution in [2.45, 2.75) is 27.0 Å². The molecule has 3 amide bonds. The number of benzene rings is 2. The van der Waals surface area contributed by atoms with E-state index in [4.69, 9.17) is 92.8 Å². The van der Waals surface area contributed by atoms with Gasteiger partial charge in [0.15, 0.2) is 10.1 Å². The first-order valence-corrected chi connectivity index (χ1v) is 14.2. The Morgan fingerprint density at radius 2 is 1.31 bits per heavy atom. The monoisotopic (exact) mass is 686 g/mol. The summed E-state index contributed by atoms with van der Waals surface area (Å²) < 4.78 is -2.16. The molecule has 1 saturated heterocycles. The van der Waals surface area contributed by atoms with E-state index in [-0.39, 0.29) is 31.2 Å². The molecular weight excluding hydrogens is 676 g/mol. The molecule has 0 N–H and O–H groups in total. The zero-order valence-corrected chi connectivity index (χ0v) is 25.4. The molecule has 3 aliphatic rings. The molecule has 5 rings (SSSR count). The van der Waals surface area contributed by atoms with Gasteiger partial charge in [0.1, 0.15) is 15.8 Å². The van der Waals surface area contributed by atoms with E-state index >= 15 is 0 Å². The number of allylic oxidation sites excluding steroid dienone is 2. The van der Waals surface area contributed by atoms with Crippen molar-refractivity contribution in [2.75, 3.05) is 0 Å². The van der Waals surface area contributed by atoms with Crippen LogP contribution in [-0.4, -0.2) is 53.6 Å². The number of halogens is 8. The number of hydrogen-bond acceptors (Lipinski definition) is 4. The number of carbonyl (C=O) groups excluding carboxylic acids is 4. The number of ketones is 1. The molecule has 2 fully saturated rings. The number of hydrogen-bond donors (Lipinski definition) is 0. The third kappa shape index (κ3) is 3.69. The summed E-state index contributed by atoms with van der Waals surface area (Å²) in [6.45, 7) is 1.37. The molecule has 5 atom stereocenters. The van der Waals surface area contributed by atoms with E-state index in [1.807, 2.05) is 0 Å². The van der Waals surface area contributed by atoms with Gasteiger partial charge >= 0.3 is 0 Å². The molecule has 1 heterocycles. The molecule has 2 aliphatic carbocycles. The van der Waals surface area contributed by atoms with Crippen LogP contribution in [0.15, 0.2) is 58.6 Å². The van der Waals surface area contributed by atoms with Crippen molar-refractivity contribution in [1.29, 1.82) is 0 Å². The van der Waals surface area contributed by atoms with Crippen molar-refractivity contribution in [2.24, 2.45) is 11.8 Å². The maximum absolute atomic E-state index is 14.0. The number of rotatable bonds is 5. The van der Waals surface area contributed by atoms with E-state index in [1.54, 1.807) is 18.2 Å². The highest BCUT2D eigenvalue weighted by Gasteiger charge is 2.88. The average molecular weight is 690 g/mol. The quantitative estimate of drug-likeness (QED) is 0.191. The number of fused-ring (bicyclic) bond motifs is 5. The highest BCUT2D eigenvalue weighted by Crippen LogP contribution is 2.77. The Balaban J connectivity index is 1.65. The zero-order chi connectivity index (χ0) is 28.8. The Morgan fingerprint density at radius 1 is 0.795 bits per heavy atom. The average Bonchev–Trinajstić information content (AvgIpc) is 3.29. The lowest BCUT2D eigenvalue weighted by Gasteiger charge is -2.38. The van der Waals surface area contributed by atoms with Crippen LogP contribution in [0, 0.1) is 11.8 Å². The molecule has 0 spiro atoms. The van der Waals surface area contributed by atoms with Gasteiger partial charge < -0.3 is 0 Å². The van der Waals surface area contributed by atoms with Gasteiger partial charge in [0, 0.05) is 11.1 Å². The van der Waals surface area contributed by atoms with Gasteiger partial charge in [-0.3, -0.25) is 19.2 Å². The minimum atomic E-state index is -2.16. The predicted molar refractivity (Wildman–Crippen MR) is 152 cm³/mol. The van der Waals surface area contributed by atoms with E-state index in [9.17, 15) is 19.2 Å². The highest BCUT2D eigenvalue weighted by molar-refractivity contribution is 6.66. The molecule has 2 bridgehead atoms. The van der Waals surface area contributed by atoms with Crippen LogP contribution < -0.4 is 0 Å². The fourth-order valence-electron chi connectivity index (χ4n) is 5.35. The Labute approximate surface area is 262 Å². The second kappa shape index (κ2) is 9.67. The van der Waals surface area contributed by atoms with Gasteiger partial charge in [0.05, 0.1) is 31.9 Å². The van der Waals surface area contributed by atoms with E-state index in [1.165, 1.54) is 37.3 Å². The lowest BCUT2D eigenvalue weighted by molar-refractivity contribution is -0.157. The van der Waals surface area contributed by atoms with Crippen LogP contribution >= 0.6 is 92.8 Å². The molecule has 6 nitrogen and oxygen atoms in total. The summed E-state index contributed by atoms with van der Waals surface area (Å²) in [6, 6.07) is 10.6. The molecule has 0 radical (unpaired) electrons. The van der Waals surface area contributed by atoms with Crippen molar-refractivity contribution in [1.82, 2.24) is 10.0 Å². The largest absolute Gasteiger partial charge is 0.292 e. The second-order valence-electron chi connectivity index (χ2n) is 9.25. The smallest absolute Gasteiger partial charge is 0.273 e. The molecule has 14 heteroatoms. The van der Waals surface area contributed by atoms with Crippen LogP contribution in [-0.2, 0) is 9.59 Å². The first-order valence-electron chi connectivity index (χ1n) is 11.2. The van der Waals surface area contributed by atoms with Gasteiger partial charge in [-0.05, 0) is 25.1 Å². The highest BCUT2D eigenvalue weighted by atomic mass is 35.5. The van der Waals surface area contributed by atoms with Gasteiger partial charge in [0.2, 0.25) is 0 Å². The summed E-state index contributed by atoms with van der Waals surface area (Å²) >= 11 is 51.6. The molecule has 204 valence electrons. The lowest BCUT2D eigenvalue weighted by atomic mass is 9.84. The maximum atomic E-state index is 14.0. The normalized spacial score (nSPS) is 29.6. The fraction of sp³-hybridized carbons (Fsp3) is 0.280. The number of imide groups is 1. The van der Waals surface area contributed by atoms with Gasteiger partial charge in [0.25, 0.3) is 17.7 Å². The van der Waals surface area contributed by atoms with Crippen molar-refractivity contribution in [3.63, 3.8) is 0 Å². The van der Waals surface area contributed by atoms with Crippen molar-refractivity contribution in [3.8, 4) is 0 Å². The molecule has 0 aromatic heterocycles. The molecular formula is C25H14Cl8N2O4. The Hall–Kier alpha value is -1.22. The summed E-state index contributed by atoms with van der Waals surface area (Å²) in [4.78, 5) is 51.3. The minimum Gasteiger partial charge on any atom is -0.292 e. The number of alkyl halides is 4. The summed E-state index contributed by atoms with van der Waals surface area (Å²) in [5.74, 6) is -6.45. The van der Waals surface area contributed by atoms with E-state index in [2.05, 4.69) is 0 Å². The van der Waals surface area contributed by atoms with Crippen LogP contribution in [0.3, 0.4) is 0 Å². The fourth-order valence-corrected chi connectivity index (χ4v) is 8.58. The number of nitrogens with zero attached hydrogens (tertiary/aromatic N) is 2. The number of hydrazine groups is 1. The summed E-state index contributed by atoms with van der Waals surface area (Å²) in [6.07, 6.45) is 0. The minimum absolute atomic E-state index is 0.0368. The van der Waals surface area contributed by atoms with Gasteiger partial charge in [-0.1, -0.05) is 99.9 Å². The maximum Gasteiger partial charge on any atom is 0.273 e. The SMILES string of the molecule is C[C@H](C(=O)c1ccccc1)N(C(=O)c1ccc(Cl)c(Cl)c1)N1C(=O)[C@@H]2[C@H](C1=O)[C@@]1(Cl)C(Cl)=C(Cl)[C@@]2(Cl)C1(Cl)Cl. The van der Waals surface area contributed by atoms with Crippen LogP contribution in [0.5, 0.6) is 0 Å². The number of carbonyl (C=O) groups is 4. The van der Waals surface area contributed by atoms with E-state index in [0.717, 1.165) is 5.01 Å². The van der Waals surface area contributed by atoms with Gasteiger partial charge in [-0.2, -0.15) is 5.01 Å². The first-order chi connectivity index (χ1) is 18.1. The van der Waals surface area contributed by atoms with Crippen LogP contribution in [0.25, 0.3) is 0 Å². The van der Waals surface area contributed by atoms with Gasteiger partial charge in [-0.25, -0.2) is 5.01 Å². The van der Waals surface area contributed by atoms with Crippen molar-refractivity contribution < 1.29 is 19.2 Å².